The van der Waals surface area contributed by atoms with E-state index in [0.29, 0.717) is 5.56 Å². The second-order valence-electron chi connectivity index (χ2n) is 7.48. The molecule has 0 bridgehead atoms. The average molecular weight is 415 g/mol. The zero-order valence-corrected chi connectivity index (χ0v) is 16.8. The van der Waals surface area contributed by atoms with Crippen molar-refractivity contribution in [2.24, 2.45) is 0 Å². The Kier molecular flexibility index (Phi) is 5.73. The predicted octanol–water partition coefficient (Wildman–Crippen LogP) is 2.24. The first kappa shape index (κ1) is 21.2. The van der Waals surface area contributed by atoms with Crippen molar-refractivity contribution in [2.75, 3.05) is 14.2 Å². The van der Waals surface area contributed by atoms with E-state index in [1.54, 1.807) is 25.1 Å². The van der Waals surface area contributed by atoms with Crippen LogP contribution < -0.4 is 10.1 Å². The number of methoxy groups -OCH3 is 1. The van der Waals surface area contributed by atoms with Crippen molar-refractivity contribution in [1.82, 2.24) is 10.2 Å². The second kappa shape index (κ2) is 8.10. The van der Waals surface area contributed by atoms with Crippen LogP contribution in [-0.4, -0.2) is 47.4 Å². The van der Waals surface area contributed by atoms with Crippen LogP contribution in [0.1, 0.15) is 18.1 Å². The largest absolute Gasteiger partial charge is 0.496 e. The minimum atomic E-state index is -1.22. The molecule has 0 spiro atoms. The summed E-state index contributed by atoms with van der Waals surface area (Å²) in [4.78, 5) is 38.2. The fourth-order valence-corrected chi connectivity index (χ4v) is 3.79. The van der Waals surface area contributed by atoms with Crippen molar-refractivity contribution >= 4 is 17.5 Å². The molecule has 0 saturated carbocycles. The Morgan fingerprint density at radius 1 is 1.23 bits per heavy atom. The van der Waals surface area contributed by atoms with E-state index < -0.39 is 28.2 Å². The number of likely N-dealkylation sites (N-methyl/N-ethyl adjacent to an activating group) is 1. The third kappa shape index (κ3) is 3.96. The van der Waals surface area contributed by atoms with Crippen molar-refractivity contribution in [3.8, 4) is 5.75 Å². The van der Waals surface area contributed by atoms with Gasteiger partial charge in [-0.1, -0.05) is 18.2 Å². The number of carbonyl (C=O) groups is 2. The molecule has 158 valence electrons. The van der Waals surface area contributed by atoms with Crippen molar-refractivity contribution < 1.29 is 23.6 Å². The smallest absolute Gasteiger partial charge is 0.276 e. The zero-order valence-electron chi connectivity index (χ0n) is 16.8. The molecule has 1 fully saturated rings. The van der Waals surface area contributed by atoms with Crippen molar-refractivity contribution in [3.63, 3.8) is 0 Å². The summed E-state index contributed by atoms with van der Waals surface area (Å²) in [6.45, 7) is 1.61. The fraction of sp³-hybridized carbons (Fsp3) is 0.333. The van der Waals surface area contributed by atoms with Crippen LogP contribution in [0.3, 0.4) is 0 Å². The van der Waals surface area contributed by atoms with E-state index in [1.165, 1.54) is 43.3 Å². The Bertz CT molecular complexity index is 995. The van der Waals surface area contributed by atoms with Gasteiger partial charge in [0.05, 0.1) is 17.6 Å². The highest BCUT2D eigenvalue weighted by Crippen LogP contribution is 2.32. The van der Waals surface area contributed by atoms with Gasteiger partial charge in [0.15, 0.2) is 0 Å². The summed E-state index contributed by atoms with van der Waals surface area (Å²) in [7, 11) is 2.88. The van der Waals surface area contributed by atoms with Gasteiger partial charge in [-0.05, 0) is 30.7 Å². The lowest BCUT2D eigenvalue weighted by Gasteiger charge is -2.43. The maximum Gasteiger partial charge on any atom is 0.276 e. The average Bonchev–Trinajstić information content (AvgIpc) is 2.71. The molecule has 9 heteroatoms. The number of nitrogens with zero attached hydrogens (tertiary/aromatic N) is 2. The van der Waals surface area contributed by atoms with Crippen molar-refractivity contribution in [3.05, 3.63) is 69.5 Å². The van der Waals surface area contributed by atoms with Crippen LogP contribution in [0.25, 0.3) is 0 Å². The van der Waals surface area contributed by atoms with Gasteiger partial charge < -0.3 is 15.0 Å². The lowest BCUT2D eigenvalue weighted by Crippen LogP contribution is -2.69. The van der Waals surface area contributed by atoms with E-state index >= 15 is 0 Å². The lowest BCUT2D eigenvalue weighted by atomic mass is 9.86. The normalized spacial score (nSPS) is 21.3. The molecule has 1 aliphatic rings. The fourth-order valence-electron chi connectivity index (χ4n) is 3.79. The number of ether oxygens (including phenoxy) is 1. The summed E-state index contributed by atoms with van der Waals surface area (Å²) in [5.41, 5.74) is -0.457. The third-order valence-electron chi connectivity index (χ3n) is 5.35. The minimum Gasteiger partial charge on any atom is -0.496 e. The number of nitro groups is 1. The van der Waals surface area contributed by atoms with Gasteiger partial charge in [-0.15, -0.1) is 0 Å². The number of benzene rings is 2. The number of hydrogen-bond acceptors (Lipinski definition) is 5. The van der Waals surface area contributed by atoms with Gasteiger partial charge in [-0.3, -0.25) is 19.7 Å². The molecule has 8 nitrogen and oxygen atoms in total. The van der Waals surface area contributed by atoms with Gasteiger partial charge in [-0.25, -0.2) is 4.39 Å². The molecular formula is C21H22FN3O5. The number of nitrogens with one attached hydrogen (secondary N) is 1. The van der Waals surface area contributed by atoms with Crippen LogP contribution in [0.2, 0.25) is 0 Å². The molecule has 2 aromatic carbocycles. The summed E-state index contributed by atoms with van der Waals surface area (Å²) < 4.78 is 18.4. The Morgan fingerprint density at radius 2 is 1.90 bits per heavy atom. The van der Waals surface area contributed by atoms with Gasteiger partial charge >= 0.3 is 0 Å². The van der Waals surface area contributed by atoms with Gasteiger partial charge in [0.25, 0.3) is 5.69 Å². The monoisotopic (exact) mass is 415 g/mol. The summed E-state index contributed by atoms with van der Waals surface area (Å²) in [5.74, 6) is -0.883. The molecule has 1 aliphatic heterocycles. The number of piperazine rings is 1. The predicted molar refractivity (Wildman–Crippen MR) is 107 cm³/mol. The molecular weight excluding hydrogens is 393 g/mol. The van der Waals surface area contributed by atoms with Gasteiger partial charge in [0, 0.05) is 26.0 Å². The molecule has 3 rings (SSSR count). The van der Waals surface area contributed by atoms with E-state index in [2.05, 4.69) is 5.32 Å². The van der Waals surface area contributed by atoms with E-state index in [-0.39, 0.29) is 35.7 Å². The first-order chi connectivity index (χ1) is 14.2. The second-order valence-corrected chi connectivity index (χ2v) is 7.48. The summed E-state index contributed by atoms with van der Waals surface area (Å²) >= 11 is 0. The van der Waals surface area contributed by atoms with E-state index in [9.17, 15) is 24.1 Å². The highest BCUT2D eigenvalue weighted by atomic mass is 19.1. The molecule has 30 heavy (non-hydrogen) atoms. The van der Waals surface area contributed by atoms with Crippen molar-refractivity contribution in [1.29, 1.82) is 0 Å². The molecule has 1 heterocycles. The van der Waals surface area contributed by atoms with Crippen LogP contribution in [0.4, 0.5) is 10.1 Å². The molecule has 2 amide bonds. The number of halogens is 1. The number of rotatable bonds is 6. The highest BCUT2D eigenvalue weighted by molar-refractivity contribution is 5.99. The van der Waals surface area contributed by atoms with Crippen molar-refractivity contribution in [2.45, 2.75) is 31.3 Å². The molecule has 2 aromatic rings. The van der Waals surface area contributed by atoms with E-state index in [0.717, 1.165) is 0 Å². The van der Waals surface area contributed by atoms with Gasteiger partial charge in [0.1, 0.15) is 23.1 Å². The molecule has 0 aromatic heterocycles. The summed E-state index contributed by atoms with van der Waals surface area (Å²) in [6.07, 6.45) is 0.116. The molecule has 1 saturated heterocycles. The topological polar surface area (TPSA) is 102 Å². The Balaban J connectivity index is 1.87. The van der Waals surface area contributed by atoms with Gasteiger partial charge in [-0.2, -0.15) is 0 Å². The van der Waals surface area contributed by atoms with Crippen LogP contribution in [-0.2, 0) is 22.4 Å². The summed E-state index contributed by atoms with van der Waals surface area (Å²) in [5, 5.41) is 14.2. The number of hydrogen-bond donors (Lipinski definition) is 1. The maximum absolute atomic E-state index is 13.2. The Morgan fingerprint density at radius 3 is 2.50 bits per heavy atom. The van der Waals surface area contributed by atoms with Crippen LogP contribution >= 0.6 is 0 Å². The number of amides is 2. The Labute approximate surface area is 172 Å². The zero-order chi connectivity index (χ0) is 22.1. The number of carbonyl (C=O) groups excluding carboxylic acids is 2. The van der Waals surface area contributed by atoms with E-state index in [1.807, 2.05) is 0 Å². The highest BCUT2D eigenvalue weighted by Gasteiger charge is 2.47. The molecule has 2 unspecified atom stereocenters. The van der Waals surface area contributed by atoms with Gasteiger partial charge in [0.2, 0.25) is 11.8 Å². The summed E-state index contributed by atoms with van der Waals surface area (Å²) in [6, 6.07) is 9.17. The van der Waals surface area contributed by atoms with Crippen LogP contribution in [0, 0.1) is 15.9 Å². The quantitative estimate of drug-likeness (QED) is 0.576. The molecule has 0 aliphatic carbocycles. The number of nitro benzene ring substituents is 1. The first-order valence-electron chi connectivity index (χ1n) is 9.30. The Hall–Kier alpha value is -3.49. The third-order valence-corrected chi connectivity index (χ3v) is 5.35. The molecule has 1 N–H and O–H groups in total. The molecule has 2 atom stereocenters. The van der Waals surface area contributed by atoms with Crippen LogP contribution in [0.15, 0.2) is 42.5 Å². The van der Waals surface area contributed by atoms with Crippen LogP contribution in [0.5, 0.6) is 5.75 Å². The lowest BCUT2D eigenvalue weighted by molar-refractivity contribution is -0.385. The molecule has 0 radical (unpaired) electrons. The maximum atomic E-state index is 13.2. The standard InChI is InChI=1S/C21H22FN3O5/c1-21(12-13-7-9-14(22)10-8-13)20(27)24(2)17(19(26)23-21)11-15-16(25(28)29)5-4-6-18(15)30-3/h4-10,17H,11-12H2,1-3H3,(H,23,26). The van der Waals surface area contributed by atoms with E-state index in [4.69, 9.17) is 4.74 Å². The first-order valence-corrected chi connectivity index (χ1v) is 9.30. The SMILES string of the molecule is COc1cccc([N+](=O)[O-])c1CC1C(=O)NC(C)(Cc2ccc(F)cc2)C(=O)N1C. The minimum absolute atomic E-state index is 0.0684.